The Labute approximate surface area is 114 Å². The Bertz CT molecular complexity index is 522. The fourth-order valence-electron chi connectivity index (χ4n) is 2.07. The monoisotopic (exact) mass is 284 g/mol. The number of hydrogen-bond donors (Lipinski definition) is 2. The summed E-state index contributed by atoms with van der Waals surface area (Å²) in [7, 11) is -3.48. The second-order valence-corrected chi connectivity index (χ2v) is 6.58. The smallest absolute Gasteiger partial charge is 0.240 e. The van der Waals surface area contributed by atoms with Crippen LogP contribution in [-0.2, 0) is 14.8 Å². The molecule has 106 valence electrons. The Hall–Kier alpha value is -0.950. The first-order chi connectivity index (χ1) is 8.99. The van der Waals surface area contributed by atoms with E-state index in [2.05, 4.69) is 4.72 Å². The molecule has 2 rings (SSSR count). The SMILES string of the molecule is CC(N)c1cccc(S(=O)(=O)NC2CCOCC2)c1. The van der Waals surface area contributed by atoms with Gasteiger partial charge in [-0.05, 0) is 37.5 Å². The highest BCUT2D eigenvalue weighted by Crippen LogP contribution is 2.17. The van der Waals surface area contributed by atoms with Gasteiger partial charge in [-0.2, -0.15) is 0 Å². The molecule has 0 bridgehead atoms. The summed E-state index contributed by atoms with van der Waals surface area (Å²) in [6.45, 7) is 3.04. The van der Waals surface area contributed by atoms with Crippen molar-refractivity contribution in [1.82, 2.24) is 4.72 Å². The first-order valence-corrected chi connectivity index (χ1v) is 7.93. The fraction of sp³-hybridized carbons (Fsp3) is 0.538. The minimum absolute atomic E-state index is 0.0438. The molecule has 1 aliphatic heterocycles. The zero-order valence-corrected chi connectivity index (χ0v) is 11.8. The van der Waals surface area contributed by atoms with Crippen molar-refractivity contribution >= 4 is 10.0 Å². The molecular formula is C13H20N2O3S. The number of ether oxygens (including phenoxy) is 1. The summed E-state index contributed by atoms with van der Waals surface area (Å²) in [6, 6.07) is 6.55. The second-order valence-electron chi connectivity index (χ2n) is 4.87. The summed E-state index contributed by atoms with van der Waals surface area (Å²) < 4.78 is 32.5. The Kier molecular flexibility index (Phi) is 4.57. The first kappa shape index (κ1) is 14.5. The molecule has 0 saturated carbocycles. The van der Waals surface area contributed by atoms with Crippen molar-refractivity contribution in [2.45, 2.75) is 36.7 Å². The Balaban J connectivity index is 2.16. The maximum Gasteiger partial charge on any atom is 0.240 e. The van der Waals surface area contributed by atoms with Gasteiger partial charge in [-0.25, -0.2) is 13.1 Å². The molecule has 1 aromatic rings. The van der Waals surface area contributed by atoms with Crippen LogP contribution >= 0.6 is 0 Å². The van der Waals surface area contributed by atoms with Gasteiger partial charge in [0, 0.05) is 25.3 Å². The van der Waals surface area contributed by atoms with Crippen LogP contribution in [0.5, 0.6) is 0 Å². The van der Waals surface area contributed by atoms with Gasteiger partial charge in [-0.15, -0.1) is 0 Å². The molecule has 0 spiro atoms. The molecule has 0 aromatic heterocycles. The van der Waals surface area contributed by atoms with Gasteiger partial charge in [0.15, 0.2) is 0 Å². The van der Waals surface area contributed by atoms with E-state index in [1.165, 1.54) is 0 Å². The maximum absolute atomic E-state index is 12.3. The van der Waals surface area contributed by atoms with Crippen LogP contribution < -0.4 is 10.5 Å². The molecule has 1 saturated heterocycles. The second kappa shape index (κ2) is 6.00. The van der Waals surface area contributed by atoms with Crippen LogP contribution in [-0.4, -0.2) is 27.7 Å². The highest BCUT2D eigenvalue weighted by Gasteiger charge is 2.22. The van der Waals surface area contributed by atoms with Crippen LogP contribution in [0, 0.1) is 0 Å². The van der Waals surface area contributed by atoms with Crippen LogP contribution in [0.25, 0.3) is 0 Å². The molecule has 0 aliphatic carbocycles. The van der Waals surface area contributed by atoms with Crippen LogP contribution in [0.4, 0.5) is 0 Å². The van der Waals surface area contributed by atoms with Crippen LogP contribution in [0.3, 0.4) is 0 Å². The maximum atomic E-state index is 12.3. The van der Waals surface area contributed by atoms with Gasteiger partial charge in [0.2, 0.25) is 10.0 Å². The molecule has 1 aliphatic rings. The summed E-state index contributed by atoms with van der Waals surface area (Å²) in [5.74, 6) is 0. The predicted octanol–water partition coefficient (Wildman–Crippen LogP) is 1.16. The topological polar surface area (TPSA) is 81.4 Å². The van der Waals surface area contributed by atoms with E-state index in [1.807, 2.05) is 13.0 Å². The zero-order valence-electron chi connectivity index (χ0n) is 11.0. The molecule has 19 heavy (non-hydrogen) atoms. The average molecular weight is 284 g/mol. The molecule has 5 nitrogen and oxygen atoms in total. The van der Waals surface area contributed by atoms with Gasteiger partial charge in [-0.1, -0.05) is 12.1 Å². The average Bonchev–Trinajstić information content (AvgIpc) is 2.39. The largest absolute Gasteiger partial charge is 0.381 e. The van der Waals surface area contributed by atoms with E-state index in [1.54, 1.807) is 18.2 Å². The van der Waals surface area contributed by atoms with E-state index in [-0.39, 0.29) is 17.0 Å². The van der Waals surface area contributed by atoms with E-state index in [4.69, 9.17) is 10.5 Å². The number of nitrogens with one attached hydrogen (secondary N) is 1. The quantitative estimate of drug-likeness (QED) is 0.869. The molecular weight excluding hydrogens is 264 g/mol. The fourth-order valence-corrected chi connectivity index (χ4v) is 3.43. The number of benzene rings is 1. The van der Waals surface area contributed by atoms with Crippen molar-refractivity contribution in [3.8, 4) is 0 Å². The Morgan fingerprint density at radius 1 is 1.37 bits per heavy atom. The number of rotatable bonds is 4. The predicted molar refractivity (Wildman–Crippen MR) is 73.2 cm³/mol. The molecule has 1 fully saturated rings. The van der Waals surface area contributed by atoms with Gasteiger partial charge in [-0.3, -0.25) is 0 Å². The number of hydrogen-bond acceptors (Lipinski definition) is 4. The molecule has 1 atom stereocenters. The highest BCUT2D eigenvalue weighted by atomic mass is 32.2. The van der Waals surface area contributed by atoms with E-state index in [0.717, 1.165) is 5.56 Å². The highest BCUT2D eigenvalue weighted by molar-refractivity contribution is 7.89. The number of sulfonamides is 1. The van der Waals surface area contributed by atoms with Gasteiger partial charge < -0.3 is 10.5 Å². The summed E-state index contributed by atoms with van der Waals surface area (Å²) in [6.07, 6.45) is 1.43. The Morgan fingerprint density at radius 3 is 2.68 bits per heavy atom. The summed E-state index contributed by atoms with van der Waals surface area (Å²) in [4.78, 5) is 0.272. The van der Waals surface area contributed by atoms with Gasteiger partial charge >= 0.3 is 0 Å². The normalized spacial score (nSPS) is 19.3. The van der Waals surface area contributed by atoms with Gasteiger partial charge in [0.25, 0.3) is 0 Å². The summed E-state index contributed by atoms with van der Waals surface area (Å²) in [5.41, 5.74) is 6.59. The van der Waals surface area contributed by atoms with E-state index < -0.39 is 10.0 Å². The molecule has 3 N–H and O–H groups in total. The third kappa shape index (κ3) is 3.76. The lowest BCUT2D eigenvalue weighted by Gasteiger charge is -2.23. The third-order valence-corrected chi connectivity index (χ3v) is 4.76. The minimum Gasteiger partial charge on any atom is -0.381 e. The van der Waals surface area contributed by atoms with Crippen LogP contribution in [0.1, 0.15) is 31.4 Å². The zero-order chi connectivity index (χ0) is 13.9. The summed E-state index contributed by atoms with van der Waals surface area (Å²) >= 11 is 0. The molecule has 1 unspecified atom stereocenters. The standard InChI is InChI=1S/C13H20N2O3S/c1-10(14)11-3-2-4-13(9-11)19(16,17)15-12-5-7-18-8-6-12/h2-4,9-10,12,15H,5-8,14H2,1H3. The van der Waals surface area contributed by atoms with Crippen LogP contribution in [0.15, 0.2) is 29.2 Å². The van der Waals surface area contributed by atoms with Crippen molar-refractivity contribution in [3.05, 3.63) is 29.8 Å². The first-order valence-electron chi connectivity index (χ1n) is 6.44. The lowest BCUT2D eigenvalue weighted by atomic mass is 10.1. The van der Waals surface area contributed by atoms with E-state index in [0.29, 0.717) is 26.1 Å². The molecule has 1 aromatic carbocycles. The summed E-state index contributed by atoms with van der Waals surface area (Å²) in [5, 5.41) is 0. The van der Waals surface area contributed by atoms with E-state index >= 15 is 0 Å². The molecule has 0 amide bonds. The lowest BCUT2D eigenvalue weighted by Crippen LogP contribution is -2.38. The van der Waals surface area contributed by atoms with Crippen molar-refractivity contribution < 1.29 is 13.2 Å². The van der Waals surface area contributed by atoms with Crippen molar-refractivity contribution in [3.63, 3.8) is 0 Å². The molecule has 1 heterocycles. The van der Waals surface area contributed by atoms with Crippen molar-refractivity contribution in [1.29, 1.82) is 0 Å². The van der Waals surface area contributed by atoms with Crippen molar-refractivity contribution in [2.75, 3.05) is 13.2 Å². The Morgan fingerprint density at radius 2 is 2.05 bits per heavy atom. The molecule has 0 radical (unpaired) electrons. The van der Waals surface area contributed by atoms with Gasteiger partial charge in [0.1, 0.15) is 0 Å². The van der Waals surface area contributed by atoms with Crippen molar-refractivity contribution in [2.24, 2.45) is 5.73 Å². The third-order valence-electron chi connectivity index (χ3n) is 3.24. The van der Waals surface area contributed by atoms with Crippen LogP contribution in [0.2, 0.25) is 0 Å². The lowest BCUT2D eigenvalue weighted by molar-refractivity contribution is 0.0832. The minimum atomic E-state index is -3.48. The molecule has 6 heteroatoms. The van der Waals surface area contributed by atoms with E-state index in [9.17, 15) is 8.42 Å². The number of nitrogens with two attached hydrogens (primary N) is 1. The van der Waals surface area contributed by atoms with Gasteiger partial charge in [0.05, 0.1) is 4.90 Å².